The van der Waals surface area contributed by atoms with Crippen molar-refractivity contribution in [2.75, 3.05) is 37.5 Å². The number of benzene rings is 1. The first-order valence-electron chi connectivity index (χ1n) is 14.0. The average Bonchev–Trinajstić information content (AvgIpc) is 3.30. The van der Waals surface area contributed by atoms with E-state index >= 15 is 0 Å². The Labute approximate surface area is 228 Å². The number of amides is 2. The normalized spacial score (nSPS) is 27.3. The minimum Gasteiger partial charge on any atom is -0.378 e. The lowest BCUT2D eigenvalue weighted by Gasteiger charge is -2.44. The number of aromatic nitrogens is 2. The molecule has 0 saturated carbocycles. The minimum absolute atomic E-state index is 0.0241. The molecule has 2 amide bonds. The summed E-state index contributed by atoms with van der Waals surface area (Å²) in [5.41, 5.74) is 3.05. The molecule has 2 aliphatic heterocycles. The molecule has 8 heteroatoms. The van der Waals surface area contributed by atoms with Crippen molar-refractivity contribution in [3.05, 3.63) is 41.6 Å². The summed E-state index contributed by atoms with van der Waals surface area (Å²) in [5.74, 6) is 0.955. The number of rotatable bonds is 7. The molecule has 1 aromatic heterocycles. The number of piperidine rings is 1. The largest absolute Gasteiger partial charge is 0.378 e. The molecule has 8 nitrogen and oxygen atoms in total. The fraction of sp³-hybridized carbons (Fsp3) is 0.633. The van der Waals surface area contributed by atoms with E-state index in [2.05, 4.69) is 98.4 Å². The summed E-state index contributed by atoms with van der Waals surface area (Å²) >= 11 is 0. The Kier molecular flexibility index (Phi) is 7.82. The summed E-state index contributed by atoms with van der Waals surface area (Å²) in [6, 6.07) is 8.72. The highest BCUT2D eigenvalue weighted by molar-refractivity contribution is 5.87. The van der Waals surface area contributed by atoms with Gasteiger partial charge in [0.15, 0.2) is 0 Å². The van der Waals surface area contributed by atoms with Crippen LogP contribution in [-0.4, -0.2) is 54.8 Å². The van der Waals surface area contributed by atoms with Crippen LogP contribution in [0.15, 0.2) is 30.5 Å². The Bertz CT molecular complexity index is 1170. The van der Waals surface area contributed by atoms with Gasteiger partial charge in [0.2, 0.25) is 11.8 Å². The van der Waals surface area contributed by atoms with Crippen LogP contribution in [0.25, 0.3) is 0 Å². The van der Waals surface area contributed by atoms with Crippen molar-refractivity contribution in [1.29, 1.82) is 0 Å². The minimum atomic E-state index is -0.343. The Morgan fingerprint density at radius 1 is 1.26 bits per heavy atom. The summed E-state index contributed by atoms with van der Waals surface area (Å²) in [4.78, 5) is 31.2. The Morgan fingerprint density at radius 2 is 1.97 bits per heavy atom. The molecular weight excluding hydrogens is 476 g/mol. The zero-order valence-corrected chi connectivity index (χ0v) is 24.6. The number of nitrogens with zero attached hydrogens (tertiary/aromatic N) is 4. The smallest absolute Gasteiger partial charge is 0.227 e. The number of hydrogen-bond acceptors (Lipinski definition) is 5. The van der Waals surface area contributed by atoms with Gasteiger partial charge < -0.3 is 20.4 Å². The molecule has 5 unspecified atom stereocenters. The molecule has 2 N–H and O–H groups in total. The molecule has 5 atom stereocenters. The van der Waals surface area contributed by atoms with E-state index < -0.39 is 0 Å². The second-order valence-corrected chi connectivity index (χ2v) is 12.5. The van der Waals surface area contributed by atoms with E-state index in [0.29, 0.717) is 18.9 Å². The first-order valence-corrected chi connectivity index (χ1v) is 14.0. The van der Waals surface area contributed by atoms with Gasteiger partial charge in [0.05, 0.1) is 24.1 Å². The van der Waals surface area contributed by atoms with Gasteiger partial charge >= 0.3 is 0 Å². The lowest BCUT2D eigenvalue weighted by atomic mass is 9.72. The maximum atomic E-state index is 13.8. The van der Waals surface area contributed by atoms with Crippen molar-refractivity contribution in [1.82, 2.24) is 20.4 Å². The molecule has 4 rings (SSSR count). The van der Waals surface area contributed by atoms with Gasteiger partial charge in [-0.2, -0.15) is 5.10 Å². The van der Waals surface area contributed by atoms with Crippen LogP contribution >= 0.6 is 0 Å². The molecule has 3 heterocycles. The van der Waals surface area contributed by atoms with Gasteiger partial charge in [-0.3, -0.25) is 9.59 Å². The van der Waals surface area contributed by atoms with Crippen LogP contribution in [0.1, 0.15) is 83.5 Å². The van der Waals surface area contributed by atoms with Crippen molar-refractivity contribution < 1.29 is 9.59 Å². The SMILES string of the molecule is CC1CC(C)(C(C)C)NC(=O)C1CNC(=O)C1CC(c2cccc(N(C)C)c2)N(C)c2c1cnn2C(C)C. The van der Waals surface area contributed by atoms with Crippen LogP contribution < -0.4 is 20.4 Å². The summed E-state index contributed by atoms with van der Waals surface area (Å²) in [5, 5.41) is 11.1. The van der Waals surface area contributed by atoms with Crippen LogP contribution in [0, 0.1) is 17.8 Å². The first kappa shape index (κ1) is 28.0. The second-order valence-electron chi connectivity index (χ2n) is 12.5. The zero-order chi connectivity index (χ0) is 27.9. The van der Waals surface area contributed by atoms with Crippen LogP contribution in [0.5, 0.6) is 0 Å². The number of carbonyl (C=O) groups is 2. The Morgan fingerprint density at radius 3 is 2.58 bits per heavy atom. The van der Waals surface area contributed by atoms with Gasteiger partial charge in [-0.25, -0.2) is 4.68 Å². The molecule has 38 heavy (non-hydrogen) atoms. The van der Waals surface area contributed by atoms with Gasteiger partial charge in [0.25, 0.3) is 0 Å². The van der Waals surface area contributed by atoms with E-state index in [1.54, 1.807) is 0 Å². The van der Waals surface area contributed by atoms with E-state index in [-0.39, 0.29) is 47.2 Å². The van der Waals surface area contributed by atoms with Crippen LogP contribution in [0.3, 0.4) is 0 Å². The van der Waals surface area contributed by atoms with E-state index in [4.69, 9.17) is 0 Å². The molecule has 1 aromatic carbocycles. The van der Waals surface area contributed by atoms with E-state index in [0.717, 1.165) is 23.5 Å². The number of nitrogens with one attached hydrogen (secondary N) is 2. The third-order valence-corrected chi connectivity index (χ3v) is 8.96. The van der Waals surface area contributed by atoms with E-state index in [9.17, 15) is 9.59 Å². The molecule has 2 aliphatic rings. The maximum absolute atomic E-state index is 13.8. The van der Waals surface area contributed by atoms with Gasteiger partial charge in [-0.05, 0) is 63.1 Å². The summed E-state index contributed by atoms with van der Waals surface area (Å²) in [6.45, 7) is 13.1. The monoisotopic (exact) mass is 522 g/mol. The molecular formula is C30H46N6O2. The van der Waals surface area contributed by atoms with Crippen LogP contribution in [-0.2, 0) is 9.59 Å². The van der Waals surface area contributed by atoms with E-state index in [1.807, 2.05) is 25.0 Å². The van der Waals surface area contributed by atoms with Crippen molar-refractivity contribution in [3.63, 3.8) is 0 Å². The third kappa shape index (κ3) is 5.14. The predicted molar refractivity (Wildman–Crippen MR) is 154 cm³/mol. The van der Waals surface area contributed by atoms with E-state index in [1.165, 1.54) is 5.56 Å². The van der Waals surface area contributed by atoms with Gasteiger partial charge in [0, 0.05) is 50.5 Å². The van der Waals surface area contributed by atoms with Gasteiger partial charge in [0.1, 0.15) is 5.82 Å². The Hall–Kier alpha value is -3.03. The highest BCUT2D eigenvalue weighted by Gasteiger charge is 2.43. The van der Waals surface area contributed by atoms with Crippen molar-refractivity contribution >= 4 is 23.3 Å². The molecule has 1 fully saturated rings. The van der Waals surface area contributed by atoms with Crippen molar-refractivity contribution in [2.45, 2.75) is 77.9 Å². The highest BCUT2D eigenvalue weighted by Crippen LogP contribution is 2.45. The molecule has 0 aliphatic carbocycles. The highest BCUT2D eigenvalue weighted by atomic mass is 16.2. The molecule has 208 valence electrons. The number of carbonyl (C=O) groups excluding carboxylic acids is 2. The van der Waals surface area contributed by atoms with Gasteiger partial charge in [-0.15, -0.1) is 0 Å². The Balaban J connectivity index is 1.59. The third-order valence-electron chi connectivity index (χ3n) is 8.96. The lowest BCUT2D eigenvalue weighted by molar-refractivity contribution is -0.133. The topological polar surface area (TPSA) is 82.5 Å². The first-order chi connectivity index (χ1) is 17.8. The standard InChI is InChI=1S/C30H46N6O2/c1-18(2)30(6)15-20(5)24(28(38)33-30)16-31-27(37)23-14-26(21-11-10-12-22(13-21)34(7)8)35(9)29-25(23)17-32-36(29)19(3)4/h10-13,17-20,23-24,26H,14-16H2,1-9H3,(H,31,37)(H,33,38). The average molecular weight is 523 g/mol. The number of fused-ring (bicyclic) bond motifs is 1. The second kappa shape index (κ2) is 10.6. The molecule has 0 spiro atoms. The summed E-state index contributed by atoms with van der Waals surface area (Å²) in [6.07, 6.45) is 3.40. The summed E-state index contributed by atoms with van der Waals surface area (Å²) < 4.78 is 2.01. The fourth-order valence-corrected chi connectivity index (χ4v) is 6.13. The molecule has 0 radical (unpaired) electrons. The maximum Gasteiger partial charge on any atom is 0.227 e. The zero-order valence-electron chi connectivity index (χ0n) is 24.6. The summed E-state index contributed by atoms with van der Waals surface area (Å²) in [7, 11) is 6.18. The van der Waals surface area contributed by atoms with Crippen LogP contribution in [0.4, 0.5) is 11.5 Å². The lowest BCUT2D eigenvalue weighted by Crippen LogP contribution is -2.60. The van der Waals surface area contributed by atoms with Crippen LogP contribution in [0.2, 0.25) is 0 Å². The van der Waals surface area contributed by atoms with Gasteiger partial charge in [-0.1, -0.05) is 32.9 Å². The predicted octanol–water partition coefficient (Wildman–Crippen LogP) is 4.50. The molecule has 0 bridgehead atoms. The fourth-order valence-electron chi connectivity index (χ4n) is 6.13. The van der Waals surface area contributed by atoms with Crippen molar-refractivity contribution in [3.8, 4) is 0 Å². The quantitative estimate of drug-likeness (QED) is 0.560. The molecule has 1 saturated heterocycles. The number of hydrogen-bond donors (Lipinski definition) is 2. The number of anilines is 2. The molecule has 2 aromatic rings. The van der Waals surface area contributed by atoms with Crippen molar-refractivity contribution in [2.24, 2.45) is 17.8 Å².